The standard InChI is InChI=1S/C16H22FN3O4/c17-13-4-2-1-3-11(13)8-20-6-5-18-16(24)14(20)7-15(23)19-12(9-21)10-22/h1-4,12,14,21-22H,5-10H2,(H,18,24)(H,19,23). The number of halogens is 1. The van der Waals surface area contributed by atoms with E-state index >= 15 is 0 Å². The van der Waals surface area contributed by atoms with E-state index in [2.05, 4.69) is 10.6 Å². The maximum atomic E-state index is 13.8. The molecule has 1 atom stereocenters. The topological polar surface area (TPSA) is 102 Å². The Morgan fingerprint density at radius 3 is 2.75 bits per heavy atom. The second-order valence-corrected chi connectivity index (χ2v) is 5.70. The van der Waals surface area contributed by atoms with Crippen LogP contribution in [0.2, 0.25) is 0 Å². The average molecular weight is 339 g/mol. The lowest BCUT2D eigenvalue weighted by Crippen LogP contribution is -2.56. The van der Waals surface area contributed by atoms with Crippen LogP contribution in [-0.2, 0) is 16.1 Å². The van der Waals surface area contributed by atoms with Crippen LogP contribution in [0.15, 0.2) is 24.3 Å². The van der Waals surface area contributed by atoms with Crippen LogP contribution in [0.5, 0.6) is 0 Å². The normalized spacial score (nSPS) is 18.5. The summed E-state index contributed by atoms with van der Waals surface area (Å²) in [6.07, 6.45) is -0.128. The van der Waals surface area contributed by atoms with Crippen LogP contribution < -0.4 is 10.6 Å². The molecule has 7 nitrogen and oxygen atoms in total. The number of carbonyl (C=O) groups is 2. The summed E-state index contributed by atoms with van der Waals surface area (Å²) in [6.45, 7) is 0.375. The van der Waals surface area contributed by atoms with Crippen molar-refractivity contribution in [2.75, 3.05) is 26.3 Å². The Labute approximate surface area is 139 Å². The lowest BCUT2D eigenvalue weighted by molar-refractivity contribution is -0.134. The SMILES string of the molecule is O=C(CC1C(=O)NCCN1Cc1ccccc1F)NC(CO)CO. The van der Waals surface area contributed by atoms with Crippen molar-refractivity contribution in [2.24, 2.45) is 0 Å². The summed E-state index contributed by atoms with van der Waals surface area (Å²) < 4.78 is 13.8. The smallest absolute Gasteiger partial charge is 0.237 e. The van der Waals surface area contributed by atoms with Gasteiger partial charge in [0.1, 0.15) is 5.82 Å². The minimum Gasteiger partial charge on any atom is -0.394 e. The molecule has 2 rings (SSSR count). The first-order chi connectivity index (χ1) is 11.5. The van der Waals surface area contributed by atoms with Gasteiger partial charge >= 0.3 is 0 Å². The molecule has 132 valence electrons. The quantitative estimate of drug-likeness (QED) is 0.510. The predicted molar refractivity (Wildman–Crippen MR) is 84.3 cm³/mol. The molecule has 0 bridgehead atoms. The van der Waals surface area contributed by atoms with Crippen LogP contribution in [0.4, 0.5) is 4.39 Å². The summed E-state index contributed by atoms with van der Waals surface area (Å²) in [5.74, 6) is -1.10. The van der Waals surface area contributed by atoms with Gasteiger partial charge in [-0.3, -0.25) is 14.5 Å². The van der Waals surface area contributed by atoms with Crippen molar-refractivity contribution in [2.45, 2.75) is 25.0 Å². The van der Waals surface area contributed by atoms with Gasteiger partial charge in [0.15, 0.2) is 0 Å². The summed E-state index contributed by atoms with van der Waals surface area (Å²) >= 11 is 0. The number of hydrogen-bond donors (Lipinski definition) is 4. The number of carbonyl (C=O) groups excluding carboxylic acids is 2. The first kappa shape index (κ1) is 18.3. The number of nitrogens with zero attached hydrogens (tertiary/aromatic N) is 1. The van der Waals surface area contributed by atoms with Gasteiger partial charge < -0.3 is 20.8 Å². The molecular weight excluding hydrogens is 317 g/mol. The van der Waals surface area contributed by atoms with Crippen LogP contribution in [0.3, 0.4) is 0 Å². The van der Waals surface area contributed by atoms with E-state index in [0.29, 0.717) is 18.7 Å². The highest BCUT2D eigenvalue weighted by Gasteiger charge is 2.32. The molecule has 0 saturated carbocycles. The van der Waals surface area contributed by atoms with Gasteiger partial charge in [0, 0.05) is 25.2 Å². The van der Waals surface area contributed by atoms with Crippen molar-refractivity contribution in [3.05, 3.63) is 35.6 Å². The molecule has 0 radical (unpaired) electrons. The maximum absolute atomic E-state index is 13.8. The van der Waals surface area contributed by atoms with Crippen molar-refractivity contribution in [1.82, 2.24) is 15.5 Å². The minimum atomic E-state index is -0.760. The number of nitrogens with one attached hydrogen (secondary N) is 2. The Morgan fingerprint density at radius 2 is 2.08 bits per heavy atom. The molecule has 8 heteroatoms. The van der Waals surface area contributed by atoms with E-state index in [1.54, 1.807) is 23.1 Å². The molecule has 1 aromatic rings. The summed E-state index contributed by atoms with van der Waals surface area (Å²) in [5, 5.41) is 23.2. The number of rotatable bonds is 7. The van der Waals surface area contributed by atoms with Crippen molar-refractivity contribution >= 4 is 11.8 Å². The molecule has 1 aliphatic rings. The second kappa shape index (κ2) is 8.72. The molecule has 0 spiro atoms. The van der Waals surface area contributed by atoms with E-state index in [4.69, 9.17) is 10.2 Å². The minimum absolute atomic E-state index is 0.128. The Balaban J connectivity index is 2.04. The average Bonchev–Trinajstić information content (AvgIpc) is 2.57. The molecular formula is C16H22FN3O4. The fourth-order valence-corrected chi connectivity index (χ4v) is 2.63. The first-order valence-corrected chi connectivity index (χ1v) is 7.81. The van der Waals surface area contributed by atoms with Gasteiger partial charge in [0.2, 0.25) is 11.8 Å². The number of hydrogen-bond acceptors (Lipinski definition) is 5. The summed E-state index contributed by atoms with van der Waals surface area (Å²) in [6, 6.07) is 4.83. The van der Waals surface area contributed by atoms with Gasteiger partial charge in [-0.05, 0) is 6.07 Å². The Morgan fingerprint density at radius 1 is 1.38 bits per heavy atom. The highest BCUT2D eigenvalue weighted by molar-refractivity contribution is 5.88. The molecule has 1 fully saturated rings. The summed E-state index contributed by atoms with van der Waals surface area (Å²) in [4.78, 5) is 25.9. The zero-order chi connectivity index (χ0) is 17.5. The van der Waals surface area contributed by atoms with Gasteiger partial charge in [0.05, 0.1) is 31.7 Å². The largest absolute Gasteiger partial charge is 0.394 e. The number of benzene rings is 1. The second-order valence-electron chi connectivity index (χ2n) is 5.70. The Kier molecular flexibility index (Phi) is 6.65. The molecule has 1 aromatic carbocycles. The zero-order valence-electron chi connectivity index (χ0n) is 13.2. The van der Waals surface area contributed by atoms with Crippen molar-refractivity contribution < 1.29 is 24.2 Å². The molecule has 0 aliphatic carbocycles. The van der Waals surface area contributed by atoms with E-state index in [-0.39, 0.29) is 24.7 Å². The highest BCUT2D eigenvalue weighted by Crippen LogP contribution is 2.16. The highest BCUT2D eigenvalue weighted by atomic mass is 19.1. The van der Waals surface area contributed by atoms with Crippen LogP contribution in [0.25, 0.3) is 0 Å². The lowest BCUT2D eigenvalue weighted by Gasteiger charge is -2.35. The van der Waals surface area contributed by atoms with Crippen LogP contribution in [0.1, 0.15) is 12.0 Å². The number of aliphatic hydroxyl groups is 2. The lowest BCUT2D eigenvalue weighted by atomic mass is 10.1. The summed E-state index contributed by atoms with van der Waals surface area (Å²) in [5.41, 5.74) is 0.459. The van der Waals surface area contributed by atoms with E-state index in [0.717, 1.165) is 0 Å². The molecule has 4 N–H and O–H groups in total. The third-order valence-corrected chi connectivity index (χ3v) is 3.96. The molecule has 1 aliphatic heterocycles. The Hall–Kier alpha value is -2.03. The van der Waals surface area contributed by atoms with E-state index in [1.807, 2.05) is 0 Å². The Bertz CT molecular complexity index is 580. The molecule has 24 heavy (non-hydrogen) atoms. The van der Waals surface area contributed by atoms with Gasteiger partial charge in [-0.15, -0.1) is 0 Å². The van der Waals surface area contributed by atoms with Crippen molar-refractivity contribution in [3.63, 3.8) is 0 Å². The van der Waals surface area contributed by atoms with E-state index in [9.17, 15) is 14.0 Å². The van der Waals surface area contributed by atoms with E-state index < -0.39 is 31.2 Å². The third-order valence-electron chi connectivity index (χ3n) is 3.96. The number of piperazine rings is 1. The number of aliphatic hydroxyl groups excluding tert-OH is 2. The monoisotopic (exact) mass is 339 g/mol. The van der Waals surface area contributed by atoms with Crippen molar-refractivity contribution in [3.8, 4) is 0 Å². The van der Waals surface area contributed by atoms with Crippen LogP contribution in [0, 0.1) is 5.82 Å². The molecule has 2 amide bonds. The van der Waals surface area contributed by atoms with Gasteiger partial charge in [-0.25, -0.2) is 4.39 Å². The van der Waals surface area contributed by atoms with Gasteiger partial charge in [0.25, 0.3) is 0 Å². The fraction of sp³-hybridized carbons (Fsp3) is 0.500. The van der Waals surface area contributed by atoms with Crippen LogP contribution in [-0.4, -0.2) is 65.3 Å². The van der Waals surface area contributed by atoms with Gasteiger partial charge in [-0.2, -0.15) is 0 Å². The van der Waals surface area contributed by atoms with Crippen LogP contribution >= 0.6 is 0 Å². The molecule has 0 aromatic heterocycles. The zero-order valence-corrected chi connectivity index (χ0v) is 13.2. The van der Waals surface area contributed by atoms with Crippen molar-refractivity contribution in [1.29, 1.82) is 0 Å². The maximum Gasteiger partial charge on any atom is 0.237 e. The predicted octanol–water partition coefficient (Wildman–Crippen LogP) is -1.01. The van der Waals surface area contributed by atoms with Gasteiger partial charge in [-0.1, -0.05) is 18.2 Å². The molecule has 1 saturated heterocycles. The number of amides is 2. The van der Waals surface area contributed by atoms with E-state index in [1.165, 1.54) is 6.07 Å². The molecule has 1 heterocycles. The third kappa shape index (κ3) is 4.73. The first-order valence-electron chi connectivity index (χ1n) is 7.81. The fourth-order valence-electron chi connectivity index (χ4n) is 2.63. The summed E-state index contributed by atoms with van der Waals surface area (Å²) in [7, 11) is 0. The molecule has 1 unspecified atom stereocenters.